The van der Waals surface area contributed by atoms with Gasteiger partial charge < -0.3 is 10.2 Å². The average Bonchev–Trinajstić information content (AvgIpc) is 2.46. The van der Waals surface area contributed by atoms with E-state index < -0.39 is 0 Å². The third kappa shape index (κ3) is 1.64. The molecule has 0 spiro atoms. The van der Waals surface area contributed by atoms with E-state index in [1.807, 2.05) is 0 Å². The molecule has 0 radical (unpaired) electrons. The van der Waals surface area contributed by atoms with Crippen LogP contribution in [0.15, 0.2) is 16.7 Å². The Hall–Kier alpha value is -1.13. The Labute approximate surface area is 79.7 Å². The number of fused-ring (bicyclic) bond motifs is 1. The maximum atomic E-state index is 5.73. The van der Waals surface area contributed by atoms with E-state index in [4.69, 9.17) is 21.8 Å². The van der Waals surface area contributed by atoms with Crippen LogP contribution in [0.1, 0.15) is 5.89 Å². The summed E-state index contributed by atoms with van der Waals surface area (Å²) in [5.74, 6) is 0.604. The van der Waals surface area contributed by atoms with Crippen molar-refractivity contribution in [3.8, 4) is 0 Å². The van der Waals surface area contributed by atoms with E-state index in [1.165, 1.54) is 0 Å². The van der Waals surface area contributed by atoms with Gasteiger partial charge in [0, 0.05) is 25.2 Å². The van der Waals surface area contributed by atoms with Gasteiger partial charge in [0.05, 0.1) is 5.02 Å². The molecule has 0 bridgehead atoms. The summed E-state index contributed by atoms with van der Waals surface area (Å²) < 4.78 is 5.35. The van der Waals surface area contributed by atoms with E-state index in [9.17, 15) is 0 Å². The molecule has 0 aliphatic carbocycles. The first-order valence-electron chi connectivity index (χ1n) is 3.90. The molecule has 2 N–H and O–H groups in total. The van der Waals surface area contributed by atoms with Crippen molar-refractivity contribution >= 4 is 22.8 Å². The Bertz CT molecular complexity index is 426. The lowest BCUT2D eigenvalue weighted by Crippen LogP contribution is -2.02. The van der Waals surface area contributed by atoms with Crippen LogP contribution in [0.3, 0.4) is 0 Å². The normalized spacial score (nSPS) is 10.9. The largest absolute Gasteiger partial charge is 0.439 e. The maximum absolute atomic E-state index is 5.73. The fourth-order valence-electron chi connectivity index (χ4n) is 1.07. The Morgan fingerprint density at radius 2 is 2.38 bits per heavy atom. The Morgan fingerprint density at radius 1 is 1.54 bits per heavy atom. The summed E-state index contributed by atoms with van der Waals surface area (Å²) in [5.41, 5.74) is 6.55. The number of hydrogen-bond acceptors (Lipinski definition) is 4. The van der Waals surface area contributed by atoms with E-state index in [2.05, 4.69) is 9.97 Å². The second-order valence-electron chi connectivity index (χ2n) is 2.62. The van der Waals surface area contributed by atoms with E-state index >= 15 is 0 Å². The van der Waals surface area contributed by atoms with E-state index in [0.717, 1.165) is 0 Å². The van der Waals surface area contributed by atoms with Crippen LogP contribution < -0.4 is 5.73 Å². The van der Waals surface area contributed by atoms with Gasteiger partial charge in [0.2, 0.25) is 0 Å². The Balaban J connectivity index is 2.49. The summed E-state index contributed by atoms with van der Waals surface area (Å²) in [6.07, 6.45) is 2.16. The molecule has 0 aliphatic rings. The first-order chi connectivity index (χ1) is 6.29. The minimum absolute atomic E-state index is 0.514. The molecule has 0 unspecified atom stereocenters. The van der Waals surface area contributed by atoms with Crippen LogP contribution in [-0.4, -0.2) is 16.5 Å². The highest BCUT2D eigenvalue weighted by Gasteiger charge is 2.05. The van der Waals surface area contributed by atoms with Crippen LogP contribution >= 0.6 is 11.6 Å². The molecule has 0 atom stereocenters. The smallest absolute Gasteiger partial charge is 0.198 e. The predicted molar refractivity (Wildman–Crippen MR) is 49.6 cm³/mol. The molecule has 13 heavy (non-hydrogen) atoms. The van der Waals surface area contributed by atoms with Crippen LogP contribution in [0.2, 0.25) is 5.02 Å². The fourth-order valence-corrected chi connectivity index (χ4v) is 1.22. The molecular weight excluding hydrogens is 190 g/mol. The molecule has 0 amide bonds. The third-order valence-electron chi connectivity index (χ3n) is 1.62. The number of nitrogens with zero attached hydrogens (tertiary/aromatic N) is 2. The molecule has 2 aromatic rings. The van der Waals surface area contributed by atoms with Gasteiger partial charge in [-0.25, -0.2) is 4.98 Å². The van der Waals surface area contributed by atoms with Gasteiger partial charge in [-0.3, -0.25) is 0 Å². The number of halogens is 1. The maximum Gasteiger partial charge on any atom is 0.198 e. The number of aromatic nitrogens is 2. The summed E-state index contributed by atoms with van der Waals surface area (Å²) in [5, 5.41) is 0.544. The van der Waals surface area contributed by atoms with Crippen molar-refractivity contribution in [1.82, 2.24) is 9.97 Å². The Morgan fingerprint density at radius 3 is 3.15 bits per heavy atom. The molecule has 68 valence electrons. The first kappa shape index (κ1) is 8.47. The summed E-state index contributed by atoms with van der Waals surface area (Å²) >= 11 is 5.73. The summed E-state index contributed by atoms with van der Waals surface area (Å²) in [4.78, 5) is 8.13. The summed E-state index contributed by atoms with van der Waals surface area (Å²) in [7, 11) is 0. The minimum Gasteiger partial charge on any atom is -0.439 e. The molecule has 0 saturated heterocycles. The van der Waals surface area contributed by atoms with Gasteiger partial charge in [0.1, 0.15) is 0 Å². The van der Waals surface area contributed by atoms with E-state index in [-0.39, 0.29) is 0 Å². The quantitative estimate of drug-likeness (QED) is 0.790. The first-order valence-corrected chi connectivity index (χ1v) is 4.28. The number of nitrogens with two attached hydrogens (primary N) is 1. The van der Waals surface area contributed by atoms with Crippen molar-refractivity contribution in [3.05, 3.63) is 23.2 Å². The zero-order valence-corrected chi connectivity index (χ0v) is 7.58. The second-order valence-corrected chi connectivity index (χ2v) is 3.06. The molecule has 2 heterocycles. The van der Waals surface area contributed by atoms with Crippen molar-refractivity contribution in [1.29, 1.82) is 0 Å². The van der Waals surface area contributed by atoms with Gasteiger partial charge in [0.15, 0.2) is 17.1 Å². The Kier molecular flexibility index (Phi) is 2.16. The van der Waals surface area contributed by atoms with Gasteiger partial charge in [-0.2, -0.15) is 4.98 Å². The van der Waals surface area contributed by atoms with Gasteiger partial charge >= 0.3 is 0 Å². The molecule has 0 aliphatic heterocycles. The van der Waals surface area contributed by atoms with Gasteiger partial charge in [-0.05, 0) is 0 Å². The average molecular weight is 198 g/mol. The van der Waals surface area contributed by atoms with Gasteiger partial charge in [-0.1, -0.05) is 11.6 Å². The molecule has 0 saturated carbocycles. The van der Waals surface area contributed by atoms with E-state index in [1.54, 1.807) is 12.3 Å². The highest BCUT2D eigenvalue weighted by atomic mass is 35.5. The highest BCUT2D eigenvalue weighted by molar-refractivity contribution is 6.30. The van der Waals surface area contributed by atoms with Crippen molar-refractivity contribution in [2.45, 2.75) is 6.42 Å². The van der Waals surface area contributed by atoms with Crippen molar-refractivity contribution < 1.29 is 4.42 Å². The standard InChI is InChI=1S/C8H8ClN3O/c9-5-3-6-8(11-4-5)12-7(13-6)1-2-10/h3-4H,1-2,10H2. The SMILES string of the molecule is NCCc1nc2ncc(Cl)cc2o1. The molecule has 5 heteroatoms. The van der Waals surface area contributed by atoms with Crippen molar-refractivity contribution in [2.75, 3.05) is 6.54 Å². The van der Waals surface area contributed by atoms with Crippen LogP contribution in [0.25, 0.3) is 11.2 Å². The van der Waals surface area contributed by atoms with Crippen LogP contribution in [0, 0.1) is 0 Å². The predicted octanol–water partition coefficient (Wildman–Crippen LogP) is 1.38. The lowest BCUT2D eigenvalue weighted by atomic mass is 10.4. The van der Waals surface area contributed by atoms with Gasteiger partial charge in [0.25, 0.3) is 0 Å². The number of hydrogen-bond donors (Lipinski definition) is 1. The zero-order chi connectivity index (χ0) is 9.26. The summed E-state index contributed by atoms with van der Waals surface area (Å²) in [6, 6.07) is 1.69. The number of rotatable bonds is 2. The second kappa shape index (κ2) is 3.32. The topological polar surface area (TPSA) is 64.9 Å². The molecule has 2 aromatic heterocycles. The molecule has 4 nitrogen and oxygen atoms in total. The van der Waals surface area contributed by atoms with Crippen LogP contribution in [0.5, 0.6) is 0 Å². The van der Waals surface area contributed by atoms with Crippen molar-refractivity contribution in [2.24, 2.45) is 5.73 Å². The van der Waals surface area contributed by atoms with Crippen molar-refractivity contribution in [3.63, 3.8) is 0 Å². The molecular formula is C8H8ClN3O. The lowest BCUT2D eigenvalue weighted by Gasteiger charge is -1.86. The number of pyridine rings is 1. The number of oxazole rings is 1. The van der Waals surface area contributed by atoms with Crippen LogP contribution in [-0.2, 0) is 6.42 Å². The fraction of sp³-hybridized carbons (Fsp3) is 0.250. The summed E-state index contributed by atoms with van der Waals surface area (Å²) in [6.45, 7) is 0.514. The highest BCUT2D eigenvalue weighted by Crippen LogP contribution is 2.17. The van der Waals surface area contributed by atoms with E-state index in [0.29, 0.717) is 35.1 Å². The molecule has 0 fully saturated rings. The monoisotopic (exact) mass is 197 g/mol. The molecule has 0 aromatic carbocycles. The van der Waals surface area contributed by atoms with Crippen LogP contribution in [0.4, 0.5) is 0 Å². The molecule has 2 rings (SSSR count). The van der Waals surface area contributed by atoms with Gasteiger partial charge in [-0.15, -0.1) is 0 Å². The third-order valence-corrected chi connectivity index (χ3v) is 1.82. The zero-order valence-electron chi connectivity index (χ0n) is 6.83. The lowest BCUT2D eigenvalue weighted by molar-refractivity contribution is 0.531. The minimum atomic E-state index is 0.514.